The first-order valence-corrected chi connectivity index (χ1v) is 12.8. The van der Waals surface area contributed by atoms with Crippen molar-refractivity contribution in [1.82, 2.24) is 19.5 Å². The van der Waals surface area contributed by atoms with E-state index in [1.807, 2.05) is 19.1 Å². The summed E-state index contributed by atoms with van der Waals surface area (Å²) >= 11 is 0. The zero-order chi connectivity index (χ0) is 25.0. The zero-order valence-corrected chi connectivity index (χ0v) is 20.3. The van der Waals surface area contributed by atoms with Crippen LogP contribution in [0.15, 0.2) is 53.4 Å². The Morgan fingerprint density at radius 3 is 2.31 bits per heavy atom. The minimum atomic E-state index is -3.72. The normalized spacial score (nSPS) is 15.0. The van der Waals surface area contributed by atoms with Crippen LogP contribution in [0.2, 0.25) is 0 Å². The average Bonchev–Trinajstić information content (AvgIpc) is 3.31. The van der Waals surface area contributed by atoms with E-state index in [1.165, 1.54) is 28.6 Å². The Balaban J connectivity index is 1.33. The molecule has 0 unspecified atom stereocenters. The molecule has 3 aromatic rings. The summed E-state index contributed by atoms with van der Waals surface area (Å²) in [6.07, 6.45) is 0.834. The van der Waals surface area contributed by atoms with E-state index in [4.69, 9.17) is 4.74 Å². The minimum Gasteiger partial charge on any atom is -0.462 e. The molecule has 1 aliphatic heterocycles. The maximum absolute atomic E-state index is 13.0. The molecule has 0 bridgehead atoms. The summed E-state index contributed by atoms with van der Waals surface area (Å²) in [7, 11) is -3.72. The van der Waals surface area contributed by atoms with Gasteiger partial charge >= 0.3 is 5.97 Å². The standard InChI is InChI=1S/C24H27N5O5S/c1-3-34-24(31)19-6-10-21(11-7-19)35(32,33)29-14-12-18(13-15-29)23(30)26-20-8-4-17(5-9-20)22-25-16(2)27-28-22/h4-11,18H,3,12-15H2,1-2H3,(H,26,30)(H,25,27,28). The minimum absolute atomic E-state index is 0.107. The molecule has 0 radical (unpaired) electrons. The highest BCUT2D eigenvalue weighted by Crippen LogP contribution is 2.26. The largest absolute Gasteiger partial charge is 0.462 e. The lowest BCUT2D eigenvalue weighted by atomic mass is 9.97. The lowest BCUT2D eigenvalue weighted by Gasteiger charge is -2.30. The van der Waals surface area contributed by atoms with Gasteiger partial charge in [-0.3, -0.25) is 9.89 Å². The summed E-state index contributed by atoms with van der Waals surface area (Å²) in [6.45, 7) is 4.25. The third-order valence-electron chi connectivity index (χ3n) is 5.84. The number of sulfonamides is 1. The van der Waals surface area contributed by atoms with Gasteiger partial charge in [-0.2, -0.15) is 9.40 Å². The van der Waals surface area contributed by atoms with Gasteiger partial charge in [-0.25, -0.2) is 18.2 Å². The second kappa shape index (κ2) is 10.4. The van der Waals surface area contributed by atoms with E-state index in [0.717, 1.165) is 11.4 Å². The third-order valence-corrected chi connectivity index (χ3v) is 7.75. The third kappa shape index (κ3) is 5.57. The highest BCUT2D eigenvalue weighted by molar-refractivity contribution is 7.89. The number of H-pyrrole nitrogens is 1. The second-order valence-electron chi connectivity index (χ2n) is 8.23. The van der Waals surface area contributed by atoms with Crippen molar-refractivity contribution >= 4 is 27.6 Å². The Morgan fingerprint density at radius 2 is 1.74 bits per heavy atom. The van der Waals surface area contributed by atoms with Crippen molar-refractivity contribution < 1.29 is 22.7 Å². The van der Waals surface area contributed by atoms with Gasteiger partial charge < -0.3 is 10.1 Å². The molecule has 0 saturated carbocycles. The number of carbonyl (C=O) groups is 2. The van der Waals surface area contributed by atoms with Gasteiger partial charge in [0.25, 0.3) is 0 Å². The van der Waals surface area contributed by atoms with Crippen LogP contribution in [0.25, 0.3) is 11.4 Å². The molecule has 1 aliphatic rings. The molecule has 1 amide bonds. The second-order valence-corrected chi connectivity index (χ2v) is 10.2. The van der Waals surface area contributed by atoms with Crippen LogP contribution >= 0.6 is 0 Å². The number of amides is 1. The molecule has 0 atom stereocenters. The molecule has 0 aliphatic carbocycles. The fourth-order valence-corrected chi connectivity index (χ4v) is 5.37. The van der Waals surface area contributed by atoms with E-state index in [9.17, 15) is 18.0 Å². The van der Waals surface area contributed by atoms with Crippen molar-refractivity contribution in [1.29, 1.82) is 0 Å². The number of esters is 1. The van der Waals surface area contributed by atoms with Crippen LogP contribution in [0.5, 0.6) is 0 Å². The van der Waals surface area contributed by atoms with E-state index >= 15 is 0 Å². The molecule has 4 rings (SSSR count). The summed E-state index contributed by atoms with van der Waals surface area (Å²) in [4.78, 5) is 28.9. The highest BCUT2D eigenvalue weighted by Gasteiger charge is 2.32. The van der Waals surface area contributed by atoms with Gasteiger partial charge in [-0.05, 0) is 75.2 Å². The topological polar surface area (TPSA) is 134 Å². The van der Waals surface area contributed by atoms with Gasteiger partial charge in [0, 0.05) is 30.3 Å². The Morgan fingerprint density at radius 1 is 1.09 bits per heavy atom. The molecule has 1 aromatic heterocycles. The fourth-order valence-electron chi connectivity index (χ4n) is 3.90. The number of nitrogens with one attached hydrogen (secondary N) is 2. The smallest absolute Gasteiger partial charge is 0.338 e. The number of piperidine rings is 1. The Bertz CT molecular complexity index is 1290. The molecule has 35 heavy (non-hydrogen) atoms. The molecule has 2 heterocycles. The van der Waals surface area contributed by atoms with Crippen LogP contribution in [-0.2, 0) is 19.6 Å². The first-order valence-electron chi connectivity index (χ1n) is 11.4. The highest BCUT2D eigenvalue weighted by atomic mass is 32.2. The molecule has 2 aromatic carbocycles. The number of nitrogens with zero attached hydrogens (tertiary/aromatic N) is 3. The van der Waals surface area contributed by atoms with Gasteiger partial charge in [0.15, 0.2) is 5.82 Å². The number of aromatic amines is 1. The summed E-state index contributed by atoms with van der Waals surface area (Å²) in [5.41, 5.74) is 1.79. The molecular weight excluding hydrogens is 470 g/mol. The maximum atomic E-state index is 13.0. The van der Waals surface area contributed by atoms with Crippen molar-refractivity contribution in [2.24, 2.45) is 5.92 Å². The van der Waals surface area contributed by atoms with Crippen molar-refractivity contribution in [3.05, 3.63) is 59.9 Å². The summed E-state index contributed by atoms with van der Waals surface area (Å²) < 4.78 is 32.3. The Kier molecular flexibility index (Phi) is 7.27. The molecule has 2 N–H and O–H groups in total. The first kappa shape index (κ1) is 24.6. The van der Waals surface area contributed by atoms with Crippen molar-refractivity contribution in [2.75, 3.05) is 25.0 Å². The van der Waals surface area contributed by atoms with Gasteiger partial charge in [-0.15, -0.1) is 0 Å². The van der Waals surface area contributed by atoms with Crippen LogP contribution in [0.1, 0.15) is 35.9 Å². The van der Waals surface area contributed by atoms with E-state index in [2.05, 4.69) is 20.5 Å². The van der Waals surface area contributed by atoms with E-state index in [-0.39, 0.29) is 36.4 Å². The average molecular weight is 498 g/mol. The molecule has 1 saturated heterocycles. The lowest BCUT2D eigenvalue weighted by molar-refractivity contribution is -0.120. The number of anilines is 1. The molecule has 0 spiro atoms. The monoisotopic (exact) mass is 497 g/mol. The molecule has 11 heteroatoms. The van der Waals surface area contributed by atoms with Crippen molar-refractivity contribution in [3.63, 3.8) is 0 Å². The maximum Gasteiger partial charge on any atom is 0.338 e. The number of benzene rings is 2. The number of hydrogen-bond acceptors (Lipinski definition) is 7. The quantitative estimate of drug-likeness (QED) is 0.479. The van der Waals surface area contributed by atoms with Gasteiger partial charge in [0.2, 0.25) is 15.9 Å². The van der Waals surface area contributed by atoms with Crippen LogP contribution in [-0.4, -0.2) is 59.5 Å². The van der Waals surface area contributed by atoms with Crippen LogP contribution < -0.4 is 5.32 Å². The van der Waals surface area contributed by atoms with E-state index in [0.29, 0.717) is 29.9 Å². The molecular formula is C24H27N5O5S. The summed E-state index contributed by atoms with van der Waals surface area (Å²) in [5.74, 6) is 0.389. The number of aryl methyl sites for hydroxylation is 1. The van der Waals surface area contributed by atoms with Crippen LogP contribution in [0.3, 0.4) is 0 Å². The Labute approximate surface area is 203 Å². The van der Waals surface area contributed by atoms with E-state index in [1.54, 1.807) is 19.1 Å². The van der Waals surface area contributed by atoms with Crippen molar-refractivity contribution in [2.45, 2.75) is 31.6 Å². The molecule has 184 valence electrons. The number of carbonyl (C=O) groups excluding carboxylic acids is 2. The number of ether oxygens (including phenoxy) is 1. The molecule has 10 nitrogen and oxygen atoms in total. The summed E-state index contributed by atoms with van der Waals surface area (Å²) in [6, 6.07) is 12.9. The van der Waals surface area contributed by atoms with Gasteiger partial charge in [0.1, 0.15) is 5.82 Å². The summed E-state index contributed by atoms with van der Waals surface area (Å²) in [5, 5.41) is 9.83. The first-order chi connectivity index (χ1) is 16.8. The van der Waals surface area contributed by atoms with Gasteiger partial charge in [0.05, 0.1) is 17.1 Å². The molecule has 1 fully saturated rings. The zero-order valence-electron chi connectivity index (χ0n) is 19.5. The number of aromatic nitrogens is 3. The van der Waals surface area contributed by atoms with Crippen molar-refractivity contribution in [3.8, 4) is 11.4 Å². The SMILES string of the molecule is CCOC(=O)c1ccc(S(=O)(=O)N2CCC(C(=O)Nc3ccc(-c4n[nH]c(C)n4)cc3)CC2)cc1. The van der Waals surface area contributed by atoms with Gasteiger partial charge in [-0.1, -0.05) is 0 Å². The van der Waals surface area contributed by atoms with Crippen LogP contribution in [0.4, 0.5) is 5.69 Å². The predicted octanol–water partition coefficient (Wildman–Crippen LogP) is 3.00. The predicted molar refractivity (Wildman–Crippen MR) is 129 cm³/mol. The number of rotatable bonds is 7. The lowest BCUT2D eigenvalue weighted by Crippen LogP contribution is -2.41. The Hall–Kier alpha value is -3.57. The fraction of sp³-hybridized carbons (Fsp3) is 0.333. The van der Waals surface area contributed by atoms with E-state index < -0.39 is 16.0 Å². The number of hydrogen-bond donors (Lipinski definition) is 2. The van der Waals surface area contributed by atoms with Crippen LogP contribution in [0, 0.1) is 12.8 Å².